The maximum absolute atomic E-state index is 4.36. The minimum absolute atomic E-state index is 1.04. The Morgan fingerprint density at radius 1 is 0.941 bits per heavy atom. The van der Waals surface area contributed by atoms with Crippen LogP contribution < -0.4 is 0 Å². The molecular formula is C13H7N3S. The zero-order valence-electron chi connectivity index (χ0n) is 8.79. The molecule has 0 aliphatic rings. The van der Waals surface area contributed by atoms with Crippen molar-refractivity contribution in [2.45, 2.75) is 0 Å². The van der Waals surface area contributed by atoms with Crippen LogP contribution in [0.2, 0.25) is 0 Å². The van der Waals surface area contributed by atoms with Gasteiger partial charge in [0.25, 0.3) is 0 Å². The van der Waals surface area contributed by atoms with E-state index in [0.29, 0.717) is 0 Å². The lowest BCUT2D eigenvalue weighted by Gasteiger charge is -1.96. The molecule has 4 rings (SSSR count). The maximum Gasteiger partial charge on any atom is 0.116 e. The third kappa shape index (κ3) is 1.24. The second-order valence-corrected chi connectivity index (χ2v) is 4.99. The number of pyridine rings is 1. The third-order valence-corrected chi connectivity index (χ3v) is 3.97. The topological polar surface area (TPSA) is 38.7 Å². The molecular weight excluding hydrogens is 230 g/mol. The molecule has 0 aliphatic heterocycles. The van der Waals surface area contributed by atoms with Gasteiger partial charge in [0.05, 0.1) is 10.2 Å². The Hall–Kier alpha value is -2.07. The summed E-state index contributed by atoms with van der Waals surface area (Å²) >= 11 is 1.72. The minimum Gasteiger partial charge on any atom is -0.264 e. The summed E-state index contributed by atoms with van der Waals surface area (Å²) in [6.45, 7) is 0. The molecule has 4 heteroatoms. The summed E-state index contributed by atoms with van der Waals surface area (Å²) in [5.41, 5.74) is 1.04. The maximum atomic E-state index is 4.36. The second kappa shape index (κ2) is 3.21. The van der Waals surface area contributed by atoms with E-state index in [9.17, 15) is 0 Å². The van der Waals surface area contributed by atoms with Crippen LogP contribution >= 0.6 is 11.3 Å². The van der Waals surface area contributed by atoms with Crippen molar-refractivity contribution in [1.29, 1.82) is 0 Å². The average molecular weight is 237 g/mol. The van der Waals surface area contributed by atoms with E-state index in [1.165, 1.54) is 20.9 Å². The average Bonchev–Trinajstić information content (AvgIpc) is 2.73. The molecule has 0 aliphatic carbocycles. The molecule has 0 fully saturated rings. The Kier molecular flexibility index (Phi) is 1.70. The van der Waals surface area contributed by atoms with Crippen molar-refractivity contribution in [1.82, 2.24) is 15.0 Å². The Bertz CT molecular complexity index is 845. The first-order valence-corrected chi connectivity index (χ1v) is 6.09. The molecule has 0 N–H and O–H groups in total. The normalized spacial score (nSPS) is 11.5. The number of aromatic nitrogens is 3. The number of fused-ring (bicyclic) bond motifs is 4. The molecule has 80 valence electrons. The van der Waals surface area contributed by atoms with E-state index in [1.54, 1.807) is 17.7 Å². The molecule has 0 amide bonds. The SMILES string of the molecule is c1cc2cc3c(cc2cn1)sc1cncnc13. The zero-order chi connectivity index (χ0) is 11.2. The van der Waals surface area contributed by atoms with Crippen LogP contribution in [0.3, 0.4) is 0 Å². The van der Waals surface area contributed by atoms with E-state index in [0.717, 1.165) is 10.2 Å². The summed E-state index contributed by atoms with van der Waals surface area (Å²) < 4.78 is 2.37. The molecule has 17 heavy (non-hydrogen) atoms. The van der Waals surface area contributed by atoms with Crippen molar-refractivity contribution in [2.75, 3.05) is 0 Å². The number of rotatable bonds is 0. The van der Waals surface area contributed by atoms with Crippen LogP contribution in [0.4, 0.5) is 0 Å². The monoisotopic (exact) mass is 237 g/mol. The summed E-state index contributed by atoms with van der Waals surface area (Å²) in [6, 6.07) is 6.38. The fourth-order valence-electron chi connectivity index (χ4n) is 2.10. The van der Waals surface area contributed by atoms with Crippen molar-refractivity contribution >= 4 is 42.4 Å². The number of hydrogen-bond donors (Lipinski definition) is 0. The lowest BCUT2D eigenvalue weighted by molar-refractivity contribution is 1.23. The lowest BCUT2D eigenvalue weighted by atomic mass is 10.1. The first-order valence-electron chi connectivity index (χ1n) is 5.28. The van der Waals surface area contributed by atoms with Gasteiger partial charge in [-0.2, -0.15) is 0 Å². The van der Waals surface area contributed by atoms with Gasteiger partial charge >= 0.3 is 0 Å². The minimum atomic E-state index is 1.04. The molecule has 0 spiro atoms. The highest BCUT2D eigenvalue weighted by Crippen LogP contribution is 2.34. The van der Waals surface area contributed by atoms with Crippen LogP contribution in [0, 0.1) is 0 Å². The first-order chi connectivity index (χ1) is 8.42. The van der Waals surface area contributed by atoms with E-state index < -0.39 is 0 Å². The Morgan fingerprint density at radius 3 is 2.94 bits per heavy atom. The fourth-order valence-corrected chi connectivity index (χ4v) is 3.16. The van der Waals surface area contributed by atoms with Crippen molar-refractivity contribution < 1.29 is 0 Å². The van der Waals surface area contributed by atoms with Crippen LogP contribution in [-0.2, 0) is 0 Å². The lowest BCUT2D eigenvalue weighted by Crippen LogP contribution is -1.77. The molecule has 3 nitrogen and oxygen atoms in total. The largest absolute Gasteiger partial charge is 0.264 e. The van der Waals surface area contributed by atoms with E-state index in [2.05, 4.69) is 27.1 Å². The van der Waals surface area contributed by atoms with E-state index >= 15 is 0 Å². The highest BCUT2D eigenvalue weighted by Gasteiger charge is 2.07. The third-order valence-electron chi connectivity index (χ3n) is 2.89. The molecule has 0 unspecified atom stereocenters. The van der Waals surface area contributed by atoms with Gasteiger partial charge in [-0.05, 0) is 23.6 Å². The summed E-state index contributed by atoms with van der Waals surface area (Å²) in [7, 11) is 0. The fraction of sp³-hybridized carbons (Fsp3) is 0. The first kappa shape index (κ1) is 9.01. The summed E-state index contributed by atoms with van der Waals surface area (Å²) in [5.74, 6) is 0. The van der Waals surface area contributed by atoms with Crippen LogP contribution in [0.15, 0.2) is 43.1 Å². The molecule has 0 bridgehead atoms. The van der Waals surface area contributed by atoms with E-state index in [-0.39, 0.29) is 0 Å². The van der Waals surface area contributed by atoms with E-state index in [4.69, 9.17) is 0 Å². The van der Waals surface area contributed by atoms with Gasteiger partial charge in [-0.15, -0.1) is 11.3 Å². The van der Waals surface area contributed by atoms with Gasteiger partial charge in [0.15, 0.2) is 0 Å². The molecule has 1 aromatic carbocycles. The van der Waals surface area contributed by atoms with Gasteiger partial charge in [0.2, 0.25) is 0 Å². The highest BCUT2D eigenvalue weighted by atomic mass is 32.1. The Labute approximate surface area is 101 Å². The molecule has 0 saturated heterocycles. The summed E-state index contributed by atoms with van der Waals surface area (Å²) in [4.78, 5) is 12.6. The predicted molar refractivity (Wildman–Crippen MR) is 70.2 cm³/mol. The number of thiophene rings is 1. The smallest absolute Gasteiger partial charge is 0.116 e. The summed E-state index contributed by atoms with van der Waals surface area (Å²) in [5, 5.41) is 3.57. The second-order valence-electron chi connectivity index (χ2n) is 3.91. The van der Waals surface area contributed by atoms with E-state index in [1.807, 2.05) is 24.7 Å². The van der Waals surface area contributed by atoms with Gasteiger partial charge in [0, 0.05) is 34.1 Å². The number of benzene rings is 1. The van der Waals surface area contributed by atoms with Crippen molar-refractivity contribution in [3.8, 4) is 0 Å². The standard InChI is InChI=1S/C13H7N3S/c1-2-14-5-9-4-11-10(3-8(1)9)13-12(17-11)6-15-7-16-13/h1-7H. The van der Waals surface area contributed by atoms with Crippen molar-refractivity contribution in [3.63, 3.8) is 0 Å². The molecule has 3 aromatic heterocycles. The molecule has 0 atom stereocenters. The van der Waals surface area contributed by atoms with Gasteiger partial charge in [0.1, 0.15) is 6.33 Å². The van der Waals surface area contributed by atoms with Gasteiger partial charge < -0.3 is 0 Å². The highest BCUT2D eigenvalue weighted by molar-refractivity contribution is 7.25. The quantitative estimate of drug-likeness (QED) is 0.470. The predicted octanol–water partition coefficient (Wildman–Crippen LogP) is 3.39. The molecule has 0 radical (unpaired) electrons. The van der Waals surface area contributed by atoms with Gasteiger partial charge in [-0.3, -0.25) is 4.98 Å². The van der Waals surface area contributed by atoms with Gasteiger partial charge in [-0.25, -0.2) is 9.97 Å². The van der Waals surface area contributed by atoms with Crippen LogP contribution in [0.1, 0.15) is 0 Å². The number of nitrogens with zero attached hydrogens (tertiary/aromatic N) is 3. The zero-order valence-corrected chi connectivity index (χ0v) is 9.61. The summed E-state index contributed by atoms with van der Waals surface area (Å²) in [6.07, 6.45) is 7.18. The number of hydrogen-bond acceptors (Lipinski definition) is 4. The van der Waals surface area contributed by atoms with Crippen molar-refractivity contribution in [2.24, 2.45) is 0 Å². The van der Waals surface area contributed by atoms with Crippen LogP contribution in [0.5, 0.6) is 0 Å². The Morgan fingerprint density at radius 2 is 1.94 bits per heavy atom. The Balaban J connectivity index is 2.28. The molecule has 3 heterocycles. The van der Waals surface area contributed by atoms with Gasteiger partial charge in [-0.1, -0.05) is 0 Å². The molecule has 4 aromatic rings. The van der Waals surface area contributed by atoms with Crippen LogP contribution in [0.25, 0.3) is 31.1 Å². The van der Waals surface area contributed by atoms with Crippen LogP contribution in [-0.4, -0.2) is 15.0 Å². The molecule has 0 saturated carbocycles. The van der Waals surface area contributed by atoms with Crippen molar-refractivity contribution in [3.05, 3.63) is 43.1 Å².